The van der Waals surface area contributed by atoms with Gasteiger partial charge < -0.3 is 10.3 Å². The molecule has 0 spiro atoms. The summed E-state index contributed by atoms with van der Waals surface area (Å²) in [5.74, 6) is 1.12. The zero-order valence-corrected chi connectivity index (χ0v) is 11.2. The molecular weight excluding hydrogens is 290 g/mol. The van der Waals surface area contributed by atoms with Crippen LogP contribution in [-0.4, -0.2) is 10.1 Å². The zero-order valence-electron chi connectivity index (χ0n) is 8.81. The predicted octanol–water partition coefficient (Wildman–Crippen LogP) is 3.36. The Bertz CT molecular complexity index is 468. The van der Waals surface area contributed by atoms with E-state index in [1.807, 2.05) is 12.1 Å². The molecule has 86 valence electrons. The minimum atomic E-state index is -0.158. The molecule has 0 radical (unpaired) electrons. The first-order valence-corrected chi connectivity index (χ1v) is 6.66. The van der Waals surface area contributed by atoms with Gasteiger partial charge in [-0.05, 0) is 34.5 Å². The number of nitrogens with zero attached hydrogens (tertiary/aromatic N) is 2. The van der Waals surface area contributed by atoms with E-state index in [2.05, 4.69) is 33.0 Å². The third-order valence-corrected chi connectivity index (χ3v) is 3.77. The highest BCUT2D eigenvalue weighted by atomic mass is 79.9. The molecule has 2 rings (SSSR count). The van der Waals surface area contributed by atoms with Crippen molar-refractivity contribution in [3.63, 3.8) is 0 Å². The summed E-state index contributed by atoms with van der Waals surface area (Å²) in [6.45, 7) is 2.08. The van der Waals surface area contributed by atoms with Crippen LogP contribution in [0.3, 0.4) is 0 Å². The fourth-order valence-corrected chi connectivity index (χ4v) is 2.67. The molecule has 2 aromatic heterocycles. The molecule has 4 nitrogen and oxygen atoms in total. The van der Waals surface area contributed by atoms with Crippen LogP contribution in [0.15, 0.2) is 20.4 Å². The summed E-state index contributed by atoms with van der Waals surface area (Å²) in [6.07, 6.45) is 1.86. The molecule has 0 amide bonds. The van der Waals surface area contributed by atoms with E-state index in [1.54, 1.807) is 11.3 Å². The van der Waals surface area contributed by atoms with Crippen LogP contribution in [0.4, 0.5) is 0 Å². The molecule has 0 saturated heterocycles. The smallest absolute Gasteiger partial charge is 0.243 e. The Balaban J connectivity index is 2.19. The third kappa shape index (κ3) is 2.50. The lowest BCUT2D eigenvalue weighted by molar-refractivity contribution is 0.348. The van der Waals surface area contributed by atoms with Gasteiger partial charge in [-0.3, -0.25) is 0 Å². The number of nitrogens with two attached hydrogens (primary N) is 1. The van der Waals surface area contributed by atoms with Gasteiger partial charge in [0.05, 0.1) is 14.7 Å². The summed E-state index contributed by atoms with van der Waals surface area (Å²) >= 11 is 4.97. The first-order valence-electron chi connectivity index (χ1n) is 5.05. The molecule has 16 heavy (non-hydrogen) atoms. The molecule has 0 aliphatic heterocycles. The molecule has 0 saturated carbocycles. The van der Waals surface area contributed by atoms with Crippen molar-refractivity contribution in [2.75, 3.05) is 0 Å². The second kappa shape index (κ2) is 5.07. The zero-order chi connectivity index (χ0) is 11.5. The molecule has 0 aromatic carbocycles. The molecule has 2 N–H and O–H groups in total. The van der Waals surface area contributed by atoms with E-state index in [-0.39, 0.29) is 6.04 Å². The first kappa shape index (κ1) is 11.8. The largest absolute Gasteiger partial charge is 0.337 e. The third-order valence-electron chi connectivity index (χ3n) is 2.15. The van der Waals surface area contributed by atoms with Crippen molar-refractivity contribution < 1.29 is 4.52 Å². The Morgan fingerprint density at radius 1 is 1.56 bits per heavy atom. The van der Waals surface area contributed by atoms with Crippen LogP contribution in [0.2, 0.25) is 0 Å². The molecule has 2 heterocycles. The lowest BCUT2D eigenvalue weighted by atomic mass is 10.2. The predicted molar refractivity (Wildman–Crippen MR) is 67.1 cm³/mol. The highest BCUT2D eigenvalue weighted by Crippen LogP contribution is 2.30. The molecule has 1 atom stereocenters. The maximum atomic E-state index is 5.90. The molecule has 0 aliphatic rings. The Labute approximate surface area is 106 Å². The Hall–Kier alpha value is -0.720. The normalized spacial score (nSPS) is 12.9. The summed E-state index contributed by atoms with van der Waals surface area (Å²) in [4.78, 5) is 5.28. The van der Waals surface area contributed by atoms with E-state index in [0.717, 1.165) is 21.5 Å². The fourth-order valence-electron chi connectivity index (χ4n) is 1.35. The van der Waals surface area contributed by atoms with Crippen LogP contribution in [0, 0.1) is 0 Å². The van der Waals surface area contributed by atoms with Crippen LogP contribution in [0.5, 0.6) is 0 Å². The first-order chi connectivity index (χ1) is 7.70. The lowest BCUT2D eigenvalue weighted by Crippen LogP contribution is -2.09. The second-order valence-corrected chi connectivity index (χ2v) is 5.92. The van der Waals surface area contributed by atoms with Crippen LogP contribution < -0.4 is 5.73 Å². The number of hydrogen-bond acceptors (Lipinski definition) is 5. The number of halogens is 1. The summed E-state index contributed by atoms with van der Waals surface area (Å²) in [5, 5.41) is 3.93. The highest BCUT2D eigenvalue weighted by molar-refractivity contribution is 9.11. The van der Waals surface area contributed by atoms with E-state index in [0.29, 0.717) is 11.7 Å². The van der Waals surface area contributed by atoms with Gasteiger partial charge in [0.2, 0.25) is 11.7 Å². The van der Waals surface area contributed by atoms with Crippen molar-refractivity contribution in [3.8, 4) is 10.7 Å². The average Bonchev–Trinajstić information content (AvgIpc) is 2.85. The van der Waals surface area contributed by atoms with Crippen LogP contribution >= 0.6 is 27.3 Å². The number of aromatic nitrogens is 2. The minimum Gasteiger partial charge on any atom is -0.337 e. The molecule has 6 heteroatoms. The Morgan fingerprint density at radius 3 is 3.00 bits per heavy atom. The van der Waals surface area contributed by atoms with E-state index < -0.39 is 0 Å². The number of thiophene rings is 1. The van der Waals surface area contributed by atoms with E-state index in [4.69, 9.17) is 10.3 Å². The Morgan fingerprint density at radius 2 is 2.38 bits per heavy atom. The number of rotatable bonds is 4. The average molecular weight is 302 g/mol. The van der Waals surface area contributed by atoms with Gasteiger partial charge in [0, 0.05) is 0 Å². The van der Waals surface area contributed by atoms with E-state index in [1.165, 1.54) is 0 Å². The van der Waals surface area contributed by atoms with Crippen molar-refractivity contribution in [2.45, 2.75) is 25.8 Å². The SMILES string of the molecule is CCC[C@@H](N)c1nc(-c2ccc(Br)s2)no1. The van der Waals surface area contributed by atoms with Crippen LogP contribution in [0.1, 0.15) is 31.7 Å². The molecule has 0 bridgehead atoms. The summed E-state index contributed by atoms with van der Waals surface area (Å²) < 4.78 is 6.20. The van der Waals surface area contributed by atoms with Gasteiger partial charge in [-0.25, -0.2) is 0 Å². The quantitative estimate of drug-likeness (QED) is 0.940. The Kier molecular flexibility index (Phi) is 3.73. The summed E-state index contributed by atoms with van der Waals surface area (Å²) in [7, 11) is 0. The molecular formula is C10H12BrN3OS. The topological polar surface area (TPSA) is 64.9 Å². The highest BCUT2D eigenvalue weighted by Gasteiger charge is 2.15. The van der Waals surface area contributed by atoms with Crippen molar-refractivity contribution in [2.24, 2.45) is 5.73 Å². The monoisotopic (exact) mass is 301 g/mol. The maximum absolute atomic E-state index is 5.90. The van der Waals surface area contributed by atoms with Gasteiger partial charge in [-0.15, -0.1) is 11.3 Å². The standard InChI is InChI=1S/C10H12BrN3OS/c1-2-3-6(12)10-13-9(14-15-10)7-4-5-8(11)16-7/h4-6H,2-3,12H2,1H3/t6-/m1/s1. The van der Waals surface area contributed by atoms with Crippen molar-refractivity contribution in [1.29, 1.82) is 0 Å². The van der Waals surface area contributed by atoms with Gasteiger partial charge in [0.25, 0.3) is 0 Å². The van der Waals surface area contributed by atoms with Gasteiger partial charge in [-0.2, -0.15) is 4.98 Å². The fraction of sp³-hybridized carbons (Fsp3) is 0.400. The van der Waals surface area contributed by atoms with E-state index in [9.17, 15) is 0 Å². The number of hydrogen-bond donors (Lipinski definition) is 1. The molecule has 0 unspecified atom stereocenters. The van der Waals surface area contributed by atoms with Gasteiger partial charge in [-0.1, -0.05) is 18.5 Å². The van der Waals surface area contributed by atoms with Gasteiger partial charge >= 0.3 is 0 Å². The van der Waals surface area contributed by atoms with Crippen molar-refractivity contribution in [1.82, 2.24) is 10.1 Å². The minimum absolute atomic E-state index is 0.158. The molecule has 0 aliphatic carbocycles. The van der Waals surface area contributed by atoms with Crippen molar-refractivity contribution in [3.05, 3.63) is 21.8 Å². The van der Waals surface area contributed by atoms with Crippen LogP contribution in [0.25, 0.3) is 10.7 Å². The summed E-state index contributed by atoms with van der Waals surface area (Å²) in [5.41, 5.74) is 5.90. The maximum Gasteiger partial charge on any atom is 0.243 e. The lowest BCUT2D eigenvalue weighted by Gasteiger charge is -2.01. The van der Waals surface area contributed by atoms with Crippen LogP contribution in [-0.2, 0) is 0 Å². The van der Waals surface area contributed by atoms with Gasteiger partial charge in [0.15, 0.2) is 0 Å². The van der Waals surface area contributed by atoms with Crippen molar-refractivity contribution >= 4 is 27.3 Å². The van der Waals surface area contributed by atoms with Gasteiger partial charge in [0.1, 0.15) is 0 Å². The second-order valence-electron chi connectivity index (χ2n) is 3.46. The van der Waals surface area contributed by atoms with E-state index >= 15 is 0 Å². The molecule has 2 aromatic rings. The molecule has 0 fully saturated rings. The summed E-state index contributed by atoms with van der Waals surface area (Å²) in [6, 6.07) is 3.76.